The van der Waals surface area contributed by atoms with Gasteiger partial charge in [-0.15, -0.1) is 0 Å². The molecule has 0 aliphatic carbocycles. The van der Waals surface area contributed by atoms with E-state index < -0.39 is 0 Å². The molecule has 2 aromatic heterocycles. The highest BCUT2D eigenvalue weighted by atomic mass is 35.5. The number of aromatic nitrogens is 3. The van der Waals surface area contributed by atoms with E-state index in [1.165, 1.54) is 16.8 Å². The van der Waals surface area contributed by atoms with Gasteiger partial charge in [0.05, 0.1) is 10.4 Å². The zero-order valence-corrected chi connectivity index (χ0v) is 21.2. The van der Waals surface area contributed by atoms with Gasteiger partial charge in [0.25, 0.3) is 0 Å². The normalized spacial score (nSPS) is 18.6. The van der Waals surface area contributed by atoms with E-state index >= 15 is 0 Å². The molecular formula is C26H35ClN6. The van der Waals surface area contributed by atoms with Gasteiger partial charge in [0.1, 0.15) is 17.8 Å². The molecule has 1 aromatic carbocycles. The van der Waals surface area contributed by atoms with Crippen LogP contribution in [0.25, 0.3) is 11.0 Å². The number of halogens is 1. The molecule has 176 valence electrons. The molecule has 2 aliphatic rings. The van der Waals surface area contributed by atoms with E-state index in [0.29, 0.717) is 5.02 Å². The third-order valence-corrected chi connectivity index (χ3v) is 7.64. The summed E-state index contributed by atoms with van der Waals surface area (Å²) in [7, 11) is 4.33. The van der Waals surface area contributed by atoms with Gasteiger partial charge in [-0.05, 0) is 64.0 Å². The summed E-state index contributed by atoms with van der Waals surface area (Å²) >= 11 is 6.55. The van der Waals surface area contributed by atoms with Gasteiger partial charge >= 0.3 is 0 Å². The van der Waals surface area contributed by atoms with E-state index in [2.05, 4.69) is 77.7 Å². The van der Waals surface area contributed by atoms with Crippen LogP contribution < -0.4 is 4.90 Å². The largest absolute Gasteiger partial charge is 0.344 e. The van der Waals surface area contributed by atoms with Gasteiger partial charge in [-0.1, -0.05) is 43.1 Å². The van der Waals surface area contributed by atoms with Crippen LogP contribution in [0.3, 0.4) is 0 Å². The van der Waals surface area contributed by atoms with Crippen LogP contribution >= 0.6 is 11.6 Å². The molecule has 6 nitrogen and oxygen atoms in total. The summed E-state index contributed by atoms with van der Waals surface area (Å²) in [6.45, 7) is 12.4. The van der Waals surface area contributed by atoms with Gasteiger partial charge < -0.3 is 19.7 Å². The van der Waals surface area contributed by atoms with Gasteiger partial charge in [0, 0.05) is 36.9 Å². The lowest BCUT2D eigenvalue weighted by Gasteiger charge is -2.43. The van der Waals surface area contributed by atoms with E-state index in [4.69, 9.17) is 16.6 Å². The SMILES string of the molecule is Cc1ccc2c(c1)C1(CCN(CC(C)(C)CN(C)C)CC1)CN2c1ncnc2[nH]cc(Cl)c12. The third kappa shape index (κ3) is 4.13. The third-order valence-electron chi connectivity index (χ3n) is 7.34. The number of piperidine rings is 1. The number of fused-ring (bicyclic) bond motifs is 3. The number of nitrogens with zero attached hydrogens (tertiary/aromatic N) is 5. The summed E-state index contributed by atoms with van der Waals surface area (Å²) in [6, 6.07) is 6.87. The molecule has 1 spiro atoms. The molecule has 3 aromatic rings. The Hall–Kier alpha value is -2.15. The smallest absolute Gasteiger partial charge is 0.147 e. The van der Waals surface area contributed by atoms with Crippen molar-refractivity contribution in [3.63, 3.8) is 0 Å². The molecule has 0 unspecified atom stereocenters. The second-order valence-corrected chi connectivity index (χ2v) is 11.5. The molecule has 0 bridgehead atoms. The number of benzene rings is 1. The Morgan fingerprint density at radius 3 is 2.67 bits per heavy atom. The van der Waals surface area contributed by atoms with Crippen LogP contribution in [-0.2, 0) is 5.41 Å². The monoisotopic (exact) mass is 466 g/mol. The van der Waals surface area contributed by atoms with E-state index in [1.807, 2.05) is 0 Å². The van der Waals surface area contributed by atoms with Gasteiger partial charge in [0.15, 0.2) is 0 Å². The predicted octanol–water partition coefficient (Wildman–Crippen LogP) is 4.99. The molecule has 4 heterocycles. The van der Waals surface area contributed by atoms with Crippen LogP contribution in [0.4, 0.5) is 11.5 Å². The standard InChI is InChI=1S/C26H35ClN6/c1-18-6-7-21-19(12-18)26(8-10-32(11-9-26)15-25(2,3)14-31(4)5)16-33(21)24-22-20(27)13-28-23(22)29-17-30-24/h6-7,12-13,17H,8-11,14-16H2,1-5H3,(H,28,29,30). The Morgan fingerprint density at radius 1 is 1.18 bits per heavy atom. The number of hydrogen-bond acceptors (Lipinski definition) is 5. The molecule has 5 rings (SSSR count). The Morgan fingerprint density at radius 2 is 1.94 bits per heavy atom. The fraction of sp³-hybridized carbons (Fsp3) is 0.538. The number of aromatic amines is 1. The Balaban J connectivity index is 1.45. The minimum absolute atomic E-state index is 0.142. The van der Waals surface area contributed by atoms with Crippen molar-refractivity contribution in [2.24, 2.45) is 5.41 Å². The summed E-state index contributed by atoms with van der Waals surface area (Å²) in [5.41, 5.74) is 5.26. The quantitative estimate of drug-likeness (QED) is 0.573. The summed E-state index contributed by atoms with van der Waals surface area (Å²) in [5, 5.41) is 1.58. The molecule has 33 heavy (non-hydrogen) atoms. The minimum Gasteiger partial charge on any atom is -0.344 e. The first-order chi connectivity index (χ1) is 15.7. The van der Waals surface area contributed by atoms with Crippen molar-refractivity contribution >= 4 is 34.1 Å². The second-order valence-electron chi connectivity index (χ2n) is 11.1. The highest BCUT2D eigenvalue weighted by Gasteiger charge is 2.46. The summed E-state index contributed by atoms with van der Waals surface area (Å²) < 4.78 is 0. The molecule has 7 heteroatoms. The maximum Gasteiger partial charge on any atom is 0.147 e. The van der Waals surface area contributed by atoms with Crippen LogP contribution in [0.1, 0.15) is 37.8 Å². The molecule has 0 atom stereocenters. The Bertz CT molecular complexity index is 1160. The van der Waals surface area contributed by atoms with E-state index in [-0.39, 0.29) is 10.8 Å². The lowest BCUT2D eigenvalue weighted by atomic mass is 9.73. The van der Waals surface area contributed by atoms with Gasteiger partial charge in [-0.2, -0.15) is 0 Å². The van der Waals surface area contributed by atoms with Crippen LogP contribution in [0.15, 0.2) is 30.7 Å². The molecule has 0 saturated carbocycles. The maximum absolute atomic E-state index is 6.55. The Kier molecular flexibility index (Phi) is 5.66. The summed E-state index contributed by atoms with van der Waals surface area (Å²) in [5.74, 6) is 0.905. The summed E-state index contributed by atoms with van der Waals surface area (Å²) in [4.78, 5) is 19.6. The number of H-pyrrole nitrogens is 1. The van der Waals surface area contributed by atoms with Gasteiger partial charge in [-0.3, -0.25) is 0 Å². The lowest BCUT2D eigenvalue weighted by Crippen LogP contribution is -2.48. The fourth-order valence-corrected chi connectivity index (χ4v) is 6.39. The van der Waals surface area contributed by atoms with Crippen LogP contribution in [0, 0.1) is 12.3 Å². The number of rotatable bonds is 5. The zero-order chi connectivity index (χ0) is 23.4. The number of nitrogens with one attached hydrogen (secondary N) is 1. The van der Waals surface area contributed by atoms with Gasteiger partial charge in [0.2, 0.25) is 0 Å². The fourth-order valence-electron chi connectivity index (χ4n) is 6.16. The number of hydrogen-bond donors (Lipinski definition) is 1. The zero-order valence-electron chi connectivity index (χ0n) is 20.5. The topological polar surface area (TPSA) is 51.3 Å². The van der Waals surface area contributed by atoms with Crippen molar-refractivity contribution < 1.29 is 0 Å². The maximum atomic E-state index is 6.55. The second kappa shape index (κ2) is 8.26. The molecular weight excluding hydrogens is 432 g/mol. The van der Waals surface area contributed by atoms with Crippen molar-refractivity contribution in [1.29, 1.82) is 0 Å². The van der Waals surface area contributed by atoms with E-state index in [1.54, 1.807) is 12.5 Å². The molecule has 1 N–H and O–H groups in total. The van der Waals surface area contributed by atoms with Crippen LogP contribution in [0.5, 0.6) is 0 Å². The molecule has 1 fully saturated rings. The average molecular weight is 467 g/mol. The Labute approximate surface area is 201 Å². The first-order valence-electron chi connectivity index (χ1n) is 11.9. The number of aryl methyl sites for hydroxylation is 1. The summed E-state index contributed by atoms with van der Waals surface area (Å²) in [6.07, 6.45) is 5.76. The van der Waals surface area contributed by atoms with Crippen LogP contribution in [0.2, 0.25) is 5.02 Å². The molecule has 2 aliphatic heterocycles. The first-order valence-corrected chi connectivity index (χ1v) is 12.3. The first kappa shape index (κ1) is 22.6. The number of likely N-dealkylation sites (tertiary alicyclic amines) is 1. The van der Waals surface area contributed by atoms with Crippen LogP contribution in [-0.4, -0.2) is 71.6 Å². The van der Waals surface area contributed by atoms with E-state index in [9.17, 15) is 0 Å². The molecule has 0 amide bonds. The highest BCUT2D eigenvalue weighted by Crippen LogP contribution is 2.51. The molecule has 1 saturated heterocycles. The highest BCUT2D eigenvalue weighted by molar-refractivity contribution is 6.36. The van der Waals surface area contributed by atoms with Crippen molar-refractivity contribution in [2.75, 3.05) is 51.7 Å². The van der Waals surface area contributed by atoms with Crippen molar-refractivity contribution in [2.45, 2.75) is 39.0 Å². The predicted molar refractivity (Wildman–Crippen MR) is 137 cm³/mol. The van der Waals surface area contributed by atoms with E-state index in [0.717, 1.165) is 62.4 Å². The lowest BCUT2D eigenvalue weighted by molar-refractivity contribution is 0.102. The average Bonchev–Trinajstić information content (AvgIpc) is 3.27. The van der Waals surface area contributed by atoms with Crippen molar-refractivity contribution in [1.82, 2.24) is 24.8 Å². The van der Waals surface area contributed by atoms with Crippen molar-refractivity contribution in [3.8, 4) is 0 Å². The number of anilines is 2. The molecule has 0 radical (unpaired) electrons. The minimum atomic E-state index is 0.142. The van der Waals surface area contributed by atoms with Gasteiger partial charge in [-0.25, -0.2) is 9.97 Å². The van der Waals surface area contributed by atoms with Crippen molar-refractivity contribution in [3.05, 3.63) is 46.9 Å².